The van der Waals surface area contributed by atoms with Gasteiger partial charge >= 0.3 is 0 Å². The average Bonchev–Trinajstić information content (AvgIpc) is 2.52. The first-order valence-electron chi connectivity index (χ1n) is 8.09. The molecule has 2 rings (SSSR count). The molecule has 1 N–H and O–H groups in total. The van der Waals surface area contributed by atoms with E-state index < -0.39 is 0 Å². The van der Waals surface area contributed by atoms with Gasteiger partial charge in [0.2, 0.25) is 17.8 Å². The molecule has 1 aromatic rings. The largest absolute Gasteiger partial charge is 0.354 e. The van der Waals surface area contributed by atoms with E-state index in [0.717, 1.165) is 38.0 Å². The summed E-state index contributed by atoms with van der Waals surface area (Å²) >= 11 is 0. The average molecular weight is 292 g/mol. The van der Waals surface area contributed by atoms with Crippen molar-refractivity contribution in [2.45, 2.75) is 52.5 Å². The lowest BCUT2D eigenvalue weighted by Gasteiger charge is -2.28. The van der Waals surface area contributed by atoms with E-state index in [1.807, 2.05) is 7.05 Å². The fraction of sp³-hybridized carbons (Fsp3) is 0.800. The van der Waals surface area contributed by atoms with Crippen LogP contribution in [-0.2, 0) is 0 Å². The summed E-state index contributed by atoms with van der Waals surface area (Å²) in [4.78, 5) is 18.2. The van der Waals surface area contributed by atoms with Gasteiger partial charge in [0.1, 0.15) is 0 Å². The third-order valence-corrected chi connectivity index (χ3v) is 3.87. The molecular formula is C15H28N6. The van der Waals surface area contributed by atoms with Crippen LogP contribution in [0.15, 0.2) is 0 Å². The van der Waals surface area contributed by atoms with Crippen LogP contribution in [-0.4, -0.2) is 47.7 Å². The Morgan fingerprint density at radius 1 is 1.14 bits per heavy atom. The predicted molar refractivity (Wildman–Crippen MR) is 88.2 cm³/mol. The zero-order valence-corrected chi connectivity index (χ0v) is 13.8. The van der Waals surface area contributed by atoms with Gasteiger partial charge in [-0.05, 0) is 39.5 Å². The van der Waals surface area contributed by atoms with Crippen LogP contribution in [0.25, 0.3) is 0 Å². The Labute approximate surface area is 128 Å². The Bertz CT molecular complexity index is 442. The number of hydrogen-bond acceptors (Lipinski definition) is 6. The second-order valence-electron chi connectivity index (χ2n) is 5.94. The second kappa shape index (κ2) is 7.43. The lowest BCUT2D eigenvalue weighted by Crippen LogP contribution is -2.33. The van der Waals surface area contributed by atoms with Crippen LogP contribution in [0.4, 0.5) is 17.8 Å². The van der Waals surface area contributed by atoms with Crippen LogP contribution in [0.1, 0.15) is 46.5 Å². The summed E-state index contributed by atoms with van der Waals surface area (Å²) in [6, 6.07) is 0.362. The molecule has 6 nitrogen and oxygen atoms in total. The van der Waals surface area contributed by atoms with Crippen LogP contribution >= 0.6 is 0 Å². The summed E-state index contributed by atoms with van der Waals surface area (Å²) in [6.07, 6.45) is 4.80. The monoisotopic (exact) mass is 292 g/mol. The lowest BCUT2D eigenvalue weighted by atomic mass is 10.1. The maximum absolute atomic E-state index is 4.68. The third-order valence-electron chi connectivity index (χ3n) is 3.87. The van der Waals surface area contributed by atoms with Crippen molar-refractivity contribution in [2.75, 3.05) is 41.8 Å². The molecule has 0 saturated carbocycles. The zero-order valence-electron chi connectivity index (χ0n) is 13.8. The van der Waals surface area contributed by atoms with Crippen molar-refractivity contribution in [3.8, 4) is 0 Å². The normalized spacial score (nSPS) is 15.4. The fourth-order valence-electron chi connectivity index (χ4n) is 2.29. The van der Waals surface area contributed by atoms with Crippen LogP contribution < -0.4 is 15.1 Å². The van der Waals surface area contributed by atoms with E-state index in [1.165, 1.54) is 19.3 Å². The summed E-state index contributed by atoms with van der Waals surface area (Å²) < 4.78 is 0. The smallest absolute Gasteiger partial charge is 0.231 e. The fourth-order valence-corrected chi connectivity index (χ4v) is 2.29. The molecule has 6 heteroatoms. The first-order valence-corrected chi connectivity index (χ1v) is 8.09. The van der Waals surface area contributed by atoms with Crippen LogP contribution in [0.5, 0.6) is 0 Å². The van der Waals surface area contributed by atoms with Gasteiger partial charge in [-0.2, -0.15) is 15.0 Å². The van der Waals surface area contributed by atoms with Gasteiger partial charge in [0.25, 0.3) is 0 Å². The zero-order chi connectivity index (χ0) is 15.2. The van der Waals surface area contributed by atoms with E-state index in [0.29, 0.717) is 12.0 Å². The summed E-state index contributed by atoms with van der Waals surface area (Å²) in [7, 11) is 2.03. The molecule has 1 aromatic heterocycles. The SMILES string of the molecule is CCCNc1nc(N2CCCCC2)nc(N(C)C(C)C)n1. The van der Waals surface area contributed by atoms with Gasteiger partial charge in [0.15, 0.2) is 0 Å². The van der Waals surface area contributed by atoms with E-state index in [-0.39, 0.29) is 0 Å². The summed E-state index contributed by atoms with van der Waals surface area (Å²) in [5.41, 5.74) is 0. The van der Waals surface area contributed by atoms with Crippen LogP contribution in [0, 0.1) is 0 Å². The second-order valence-corrected chi connectivity index (χ2v) is 5.94. The molecule has 118 valence electrons. The van der Waals surface area contributed by atoms with Crippen LogP contribution in [0.2, 0.25) is 0 Å². The predicted octanol–water partition coefficient (Wildman–Crippen LogP) is 2.53. The highest BCUT2D eigenvalue weighted by Crippen LogP contribution is 2.20. The number of nitrogens with zero attached hydrogens (tertiary/aromatic N) is 5. The minimum atomic E-state index is 0.362. The third kappa shape index (κ3) is 4.19. The lowest BCUT2D eigenvalue weighted by molar-refractivity contribution is 0.566. The van der Waals surface area contributed by atoms with E-state index in [9.17, 15) is 0 Å². The molecule has 1 aliphatic rings. The van der Waals surface area contributed by atoms with Crippen molar-refractivity contribution in [3.05, 3.63) is 0 Å². The maximum Gasteiger partial charge on any atom is 0.231 e. The van der Waals surface area contributed by atoms with Gasteiger partial charge in [-0.3, -0.25) is 0 Å². The molecule has 0 amide bonds. The standard InChI is InChI=1S/C15H28N6/c1-5-9-16-13-17-14(20(4)12(2)3)19-15(18-13)21-10-7-6-8-11-21/h12H,5-11H2,1-4H3,(H,16,17,18,19). The van der Waals surface area contributed by atoms with E-state index in [4.69, 9.17) is 0 Å². The van der Waals surface area contributed by atoms with Gasteiger partial charge in [-0.25, -0.2) is 0 Å². The maximum atomic E-state index is 4.68. The quantitative estimate of drug-likeness (QED) is 0.869. The molecular weight excluding hydrogens is 264 g/mol. The van der Waals surface area contributed by atoms with Gasteiger partial charge < -0.3 is 15.1 Å². The van der Waals surface area contributed by atoms with Crippen molar-refractivity contribution in [3.63, 3.8) is 0 Å². The first-order chi connectivity index (χ1) is 10.1. The van der Waals surface area contributed by atoms with Crippen molar-refractivity contribution in [2.24, 2.45) is 0 Å². The highest BCUT2D eigenvalue weighted by atomic mass is 15.4. The molecule has 0 aromatic carbocycles. The van der Waals surface area contributed by atoms with Gasteiger partial charge in [-0.1, -0.05) is 6.92 Å². The van der Waals surface area contributed by atoms with Crippen molar-refractivity contribution >= 4 is 17.8 Å². The molecule has 0 atom stereocenters. The van der Waals surface area contributed by atoms with Gasteiger partial charge in [0.05, 0.1) is 0 Å². The molecule has 0 radical (unpaired) electrons. The molecule has 1 aliphatic heterocycles. The van der Waals surface area contributed by atoms with Gasteiger partial charge in [-0.15, -0.1) is 0 Å². The Morgan fingerprint density at radius 3 is 2.48 bits per heavy atom. The van der Waals surface area contributed by atoms with E-state index >= 15 is 0 Å². The molecule has 2 heterocycles. The van der Waals surface area contributed by atoms with Gasteiger partial charge in [0, 0.05) is 32.7 Å². The molecule has 0 aliphatic carbocycles. The molecule has 0 bridgehead atoms. The first kappa shape index (κ1) is 15.8. The number of anilines is 3. The Morgan fingerprint density at radius 2 is 1.86 bits per heavy atom. The molecule has 1 saturated heterocycles. The molecule has 1 fully saturated rings. The van der Waals surface area contributed by atoms with E-state index in [1.54, 1.807) is 0 Å². The molecule has 21 heavy (non-hydrogen) atoms. The Balaban J connectivity index is 2.26. The van der Waals surface area contributed by atoms with E-state index in [2.05, 4.69) is 50.8 Å². The highest BCUT2D eigenvalue weighted by Gasteiger charge is 2.18. The molecule has 0 unspecified atom stereocenters. The number of piperidine rings is 1. The topological polar surface area (TPSA) is 57.2 Å². The van der Waals surface area contributed by atoms with Crippen molar-refractivity contribution in [1.82, 2.24) is 15.0 Å². The number of hydrogen-bond donors (Lipinski definition) is 1. The minimum absolute atomic E-state index is 0.362. The summed E-state index contributed by atoms with van der Waals surface area (Å²) in [5.74, 6) is 2.25. The molecule has 0 spiro atoms. The van der Waals surface area contributed by atoms with Crippen molar-refractivity contribution in [1.29, 1.82) is 0 Å². The number of nitrogens with one attached hydrogen (secondary N) is 1. The van der Waals surface area contributed by atoms with Crippen LogP contribution in [0.3, 0.4) is 0 Å². The van der Waals surface area contributed by atoms with Crippen molar-refractivity contribution < 1.29 is 0 Å². The Kier molecular flexibility index (Phi) is 5.59. The summed E-state index contributed by atoms with van der Waals surface area (Å²) in [6.45, 7) is 9.40. The highest BCUT2D eigenvalue weighted by molar-refractivity contribution is 5.45. The Hall–Kier alpha value is -1.59. The number of rotatable bonds is 6. The summed E-state index contributed by atoms with van der Waals surface area (Å²) in [5, 5.41) is 3.29. The minimum Gasteiger partial charge on any atom is -0.354 e. The number of aromatic nitrogens is 3.